The molecule has 0 spiro atoms. The van der Waals surface area contributed by atoms with Crippen molar-refractivity contribution in [2.45, 2.75) is 24.7 Å². The van der Waals surface area contributed by atoms with E-state index in [-0.39, 0.29) is 59.2 Å². The monoisotopic (exact) mass is 975 g/mol. The number of alkyl halides is 12. The van der Waals surface area contributed by atoms with Gasteiger partial charge in [-0.05, 0) is 47.8 Å². The van der Waals surface area contributed by atoms with Gasteiger partial charge in [0.1, 0.15) is 22.1 Å². The van der Waals surface area contributed by atoms with Crippen molar-refractivity contribution in [3.63, 3.8) is 0 Å². The van der Waals surface area contributed by atoms with Gasteiger partial charge in [0.25, 0.3) is 0 Å². The number of hydrogen-bond acceptors (Lipinski definition) is 7. The van der Waals surface area contributed by atoms with Crippen molar-refractivity contribution in [1.82, 2.24) is 35.0 Å². The number of carbonyl (C=O) groups excluding carboxylic acids is 1. The fourth-order valence-corrected chi connectivity index (χ4v) is 4.46. The fourth-order valence-electron chi connectivity index (χ4n) is 4.46. The first kappa shape index (κ1) is 42.8. The van der Waals surface area contributed by atoms with Crippen LogP contribution < -0.4 is 5.11 Å². The Balaban J connectivity index is 0.000000201. The first-order valence-corrected chi connectivity index (χ1v) is 14.8. The third kappa shape index (κ3) is 10.2. The molecule has 3 heterocycles. The number of benzene rings is 4. The van der Waals surface area contributed by atoms with Crippen molar-refractivity contribution in [3.05, 3.63) is 137 Å². The minimum absolute atomic E-state index is 0. The molecule has 0 unspecified atom stereocenters. The van der Waals surface area contributed by atoms with E-state index in [1.165, 1.54) is 36.5 Å². The van der Waals surface area contributed by atoms with Crippen molar-refractivity contribution >= 4 is 28.0 Å². The molecule has 292 valence electrons. The number of carboxylic acid groups (broad SMARTS) is 1. The first-order chi connectivity index (χ1) is 25.6. The molecular formula is C34H16F12IrN7O2. The van der Waals surface area contributed by atoms with Gasteiger partial charge in [-0.3, -0.25) is 4.98 Å². The minimum atomic E-state index is -4.61. The summed E-state index contributed by atoms with van der Waals surface area (Å²) in [5, 5.41) is 25.1. The SMILES string of the molecule is FC(F)(F)c1c[c-]c(-n2nc3cccc(C(F)(F)F)c3n2)cc1.FC(F)(F)c1c[c-]c(-n2nc3cccc(C(F)(F)F)c3n2)cc1.O=C([O-])c1ccccn1.[Ir+3]. The number of carbonyl (C=O) groups is 1. The quantitative estimate of drug-likeness (QED) is 0.131. The maximum absolute atomic E-state index is 12.9. The Morgan fingerprint density at radius 2 is 0.964 bits per heavy atom. The number of fused-ring (bicyclic) bond motifs is 2. The van der Waals surface area contributed by atoms with Crippen LogP contribution in [0, 0.1) is 12.1 Å². The predicted molar refractivity (Wildman–Crippen MR) is 164 cm³/mol. The van der Waals surface area contributed by atoms with E-state index >= 15 is 0 Å². The molecule has 0 aliphatic carbocycles. The molecule has 0 N–H and O–H groups in total. The molecule has 0 radical (unpaired) electrons. The molecule has 7 aromatic rings. The van der Waals surface area contributed by atoms with Gasteiger partial charge in [0, 0.05) is 6.20 Å². The van der Waals surface area contributed by atoms with Crippen molar-refractivity contribution < 1.29 is 82.7 Å². The zero-order valence-corrected chi connectivity index (χ0v) is 29.4. The first-order valence-electron chi connectivity index (χ1n) is 14.8. The molecule has 3 aromatic heterocycles. The Labute approximate surface area is 318 Å². The van der Waals surface area contributed by atoms with Gasteiger partial charge in [0.15, 0.2) is 0 Å². The summed E-state index contributed by atoms with van der Waals surface area (Å²) in [5.74, 6) is -1.24. The van der Waals surface area contributed by atoms with E-state index < -0.39 is 52.9 Å². The van der Waals surface area contributed by atoms with Crippen LogP contribution in [0.5, 0.6) is 0 Å². The van der Waals surface area contributed by atoms with Gasteiger partial charge >= 0.3 is 44.8 Å². The molecule has 0 aliphatic rings. The van der Waals surface area contributed by atoms with Crippen LogP contribution in [0.25, 0.3) is 33.4 Å². The van der Waals surface area contributed by atoms with Crippen molar-refractivity contribution in [3.8, 4) is 11.4 Å². The van der Waals surface area contributed by atoms with E-state index in [0.717, 1.165) is 46.0 Å². The Hall–Kier alpha value is -5.89. The standard InChI is InChI=1S/2C14H6F6N3.C6H5NO2.Ir/c2*15-13(16,17)8-4-6-9(7-5-8)23-21-11-3-1-2-10(12(11)22-23)14(18,19)20;8-6(9)5-3-1-2-4-7-5;/h2*1-6H;1-4H,(H,8,9);/q2*-1;;+3/p-1. The van der Waals surface area contributed by atoms with E-state index in [4.69, 9.17) is 0 Å². The van der Waals surface area contributed by atoms with Crippen LogP contribution in [0.4, 0.5) is 52.7 Å². The summed E-state index contributed by atoms with van der Waals surface area (Å²) in [6.45, 7) is 0. The Bertz CT molecular complexity index is 2260. The molecule has 7 rings (SSSR count). The van der Waals surface area contributed by atoms with Crippen molar-refractivity contribution in [2.24, 2.45) is 0 Å². The average Bonchev–Trinajstić information content (AvgIpc) is 3.76. The topological polar surface area (TPSA) is 114 Å². The summed E-state index contributed by atoms with van der Waals surface area (Å²) in [5.41, 5.74) is -4.60. The molecule has 22 heteroatoms. The number of halogens is 12. The summed E-state index contributed by atoms with van der Waals surface area (Å²) in [6, 6.07) is 21.0. The molecular weight excluding hydrogens is 959 g/mol. The number of pyridine rings is 1. The fraction of sp³-hybridized carbons (Fsp3) is 0.118. The van der Waals surface area contributed by atoms with Crippen LogP contribution in [-0.2, 0) is 44.8 Å². The number of rotatable bonds is 3. The molecule has 9 nitrogen and oxygen atoms in total. The van der Waals surface area contributed by atoms with Crippen LogP contribution in [0.2, 0.25) is 0 Å². The number of aromatic carboxylic acids is 1. The van der Waals surface area contributed by atoms with Gasteiger partial charge in [0.05, 0.1) is 22.8 Å². The maximum Gasteiger partial charge on any atom is 3.00 e. The zero-order chi connectivity index (χ0) is 40.3. The molecule has 0 saturated carbocycles. The maximum atomic E-state index is 12.9. The van der Waals surface area contributed by atoms with Crippen LogP contribution in [0.3, 0.4) is 0 Å². The molecule has 0 aliphatic heterocycles. The van der Waals surface area contributed by atoms with Gasteiger partial charge in [0.2, 0.25) is 0 Å². The largest absolute Gasteiger partial charge is 3.00 e. The van der Waals surface area contributed by atoms with E-state index in [2.05, 4.69) is 37.5 Å². The van der Waals surface area contributed by atoms with E-state index in [1.807, 2.05) is 0 Å². The second-order valence-electron chi connectivity index (χ2n) is 10.7. The van der Waals surface area contributed by atoms with Crippen molar-refractivity contribution in [2.75, 3.05) is 0 Å². The Morgan fingerprint density at radius 1 is 0.536 bits per heavy atom. The van der Waals surface area contributed by atoms with Gasteiger partial charge < -0.3 is 9.90 Å². The molecule has 0 bridgehead atoms. The van der Waals surface area contributed by atoms with Gasteiger partial charge in [-0.2, -0.15) is 109 Å². The van der Waals surface area contributed by atoms with Gasteiger partial charge in [-0.1, -0.05) is 29.3 Å². The summed E-state index contributed by atoms with van der Waals surface area (Å²) in [4.78, 5) is 15.2. The normalized spacial score (nSPS) is 11.9. The summed E-state index contributed by atoms with van der Waals surface area (Å²) < 4.78 is 152. The number of carboxylic acids is 1. The van der Waals surface area contributed by atoms with Crippen LogP contribution in [-0.4, -0.2) is 40.9 Å². The summed E-state index contributed by atoms with van der Waals surface area (Å²) in [6.07, 6.45) is -16.9. The molecule has 0 fully saturated rings. The summed E-state index contributed by atoms with van der Waals surface area (Å²) >= 11 is 0. The number of hydrogen-bond donors (Lipinski definition) is 0. The second-order valence-corrected chi connectivity index (χ2v) is 10.7. The van der Waals surface area contributed by atoms with Gasteiger partial charge in [-0.25, -0.2) is 0 Å². The third-order valence-corrected chi connectivity index (χ3v) is 6.99. The molecule has 56 heavy (non-hydrogen) atoms. The third-order valence-electron chi connectivity index (χ3n) is 6.99. The smallest absolute Gasteiger partial charge is 0.543 e. The molecule has 0 atom stereocenters. The number of nitrogens with zero attached hydrogens (tertiary/aromatic N) is 7. The van der Waals surface area contributed by atoms with Crippen LogP contribution in [0.15, 0.2) is 97.2 Å². The molecule has 0 amide bonds. The second kappa shape index (κ2) is 16.5. The molecule has 4 aromatic carbocycles. The minimum Gasteiger partial charge on any atom is -0.543 e. The predicted octanol–water partition coefficient (Wildman–Crippen LogP) is 7.96. The van der Waals surface area contributed by atoms with Crippen molar-refractivity contribution in [1.29, 1.82) is 0 Å². The number of aromatic nitrogens is 7. The van der Waals surface area contributed by atoms with Gasteiger partial charge in [-0.15, -0.1) is 22.3 Å². The average molecular weight is 975 g/mol. The van der Waals surface area contributed by atoms with E-state index in [0.29, 0.717) is 12.1 Å². The Morgan fingerprint density at radius 3 is 1.25 bits per heavy atom. The van der Waals surface area contributed by atoms with Crippen LogP contribution in [0.1, 0.15) is 32.7 Å². The van der Waals surface area contributed by atoms with E-state index in [1.54, 1.807) is 12.1 Å². The van der Waals surface area contributed by atoms with Crippen LogP contribution >= 0.6 is 0 Å². The molecule has 0 saturated heterocycles. The van der Waals surface area contributed by atoms with E-state index in [9.17, 15) is 62.6 Å². The summed E-state index contributed by atoms with van der Waals surface area (Å²) in [7, 11) is 0. The zero-order valence-electron chi connectivity index (χ0n) is 27.1. The Kier molecular flexibility index (Phi) is 12.6.